The first-order chi connectivity index (χ1) is 8.63. The summed E-state index contributed by atoms with van der Waals surface area (Å²) in [6.45, 7) is 1.91. The van der Waals surface area contributed by atoms with Crippen molar-refractivity contribution in [2.24, 2.45) is 0 Å². The maximum atomic E-state index is 11.6. The van der Waals surface area contributed by atoms with E-state index in [1.54, 1.807) is 12.1 Å². The minimum atomic E-state index is -2.18. The molecule has 0 aliphatic heterocycles. The number of benzene rings is 1. The molecule has 0 heterocycles. The number of nitrogens with one attached hydrogen (secondary N) is 1. The molecule has 1 aromatic rings. The van der Waals surface area contributed by atoms with Gasteiger partial charge in [0.25, 0.3) is 0 Å². The number of anilines is 1. The number of amides is 1. The predicted octanol–water partition coefficient (Wildman–Crippen LogP) is 2.26. The lowest BCUT2D eigenvalue weighted by atomic mass is 10.1. The molecule has 0 unspecified atom stereocenters. The van der Waals surface area contributed by atoms with Crippen molar-refractivity contribution in [1.82, 2.24) is 0 Å². The van der Waals surface area contributed by atoms with Crippen LogP contribution in [0, 0.1) is 0 Å². The molecule has 0 bridgehead atoms. The van der Waals surface area contributed by atoms with Crippen molar-refractivity contribution in [1.29, 1.82) is 0 Å². The van der Waals surface area contributed by atoms with Crippen molar-refractivity contribution in [3.8, 4) is 0 Å². The van der Waals surface area contributed by atoms with Gasteiger partial charge in [-0.05, 0) is 25.0 Å². The van der Waals surface area contributed by atoms with E-state index in [2.05, 4.69) is 5.32 Å². The SMILES string of the molecule is CCCC(CCC(=O)Nc1ccccc1)=S(=O)=O. The van der Waals surface area contributed by atoms with Gasteiger partial charge < -0.3 is 5.32 Å². The van der Waals surface area contributed by atoms with Gasteiger partial charge in [0, 0.05) is 12.1 Å². The summed E-state index contributed by atoms with van der Waals surface area (Å²) in [7, 11) is -2.18. The first kappa shape index (κ1) is 14.4. The highest BCUT2D eigenvalue weighted by molar-refractivity contribution is 7.73. The zero-order valence-electron chi connectivity index (χ0n) is 10.3. The Labute approximate surface area is 109 Å². The maximum Gasteiger partial charge on any atom is 0.224 e. The normalized spacial score (nSPS) is 9.83. The van der Waals surface area contributed by atoms with Gasteiger partial charge in [0.2, 0.25) is 16.2 Å². The highest BCUT2D eigenvalue weighted by Gasteiger charge is 2.06. The number of hydrogen-bond donors (Lipinski definition) is 1. The molecule has 18 heavy (non-hydrogen) atoms. The summed E-state index contributed by atoms with van der Waals surface area (Å²) in [6, 6.07) is 9.11. The third-order valence-electron chi connectivity index (χ3n) is 2.45. The quantitative estimate of drug-likeness (QED) is 0.804. The van der Waals surface area contributed by atoms with Crippen LogP contribution in [0.15, 0.2) is 30.3 Å². The Morgan fingerprint density at radius 1 is 1.11 bits per heavy atom. The van der Waals surface area contributed by atoms with Crippen LogP contribution in [0.3, 0.4) is 0 Å². The number of carbonyl (C=O) groups excluding carboxylic acids is 1. The highest BCUT2D eigenvalue weighted by atomic mass is 32.2. The molecule has 0 atom stereocenters. The lowest BCUT2D eigenvalue weighted by Gasteiger charge is -2.04. The van der Waals surface area contributed by atoms with Gasteiger partial charge >= 0.3 is 0 Å². The number of para-hydroxylation sites is 1. The molecule has 0 saturated heterocycles. The fourth-order valence-corrected chi connectivity index (χ4v) is 2.21. The Hall–Kier alpha value is -1.62. The molecule has 0 aromatic heterocycles. The summed E-state index contributed by atoms with van der Waals surface area (Å²) in [5, 5.41) is 2.73. The monoisotopic (exact) mass is 267 g/mol. The average molecular weight is 267 g/mol. The van der Waals surface area contributed by atoms with E-state index >= 15 is 0 Å². The van der Waals surface area contributed by atoms with Crippen LogP contribution >= 0.6 is 0 Å². The average Bonchev–Trinajstić information content (AvgIpc) is 2.35. The van der Waals surface area contributed by atoms with Crippen molar-refractivity contribution in [3.05, 3.63) is 30.3 Å². The van der Waals surface area contributed by atoms with Crippen LogP contribution in [0.4, 0.5) is 5.69 Å². The lowest BCUT2D eigenvalue weighted by Crippen LogP contribution is -2.13. The Balaban J connectivity index is 2.49. The summed E-state index contributed by atoms with van der Waals surface area (Å²) in [5.74, 6) is -0.166. The van der Waals surface area contributed by atoms with Gasteiger partial charge in [-0.2, -0.15) is 8.42 Å². The highest BCUT2D eigenvalue weighted by Crippen LogP contribution is 2.07. The molecular weight excluding hydrogens is 250 g/mol. The molecule has 1 rings (SSSR count). The molecule has 0 aliphatic rings. The molecular formula is C13H17NO3S. The number of hydrogen-bond acceptors (Lipinski definition) is 3. The smallest absolute Gasteiger partial charge is 0.224 e. The van der Waals surface area contributed by atoms with Gasteiger partial charge in [-0.1, -0.05) is 31.5 Å². The number of carbonyl (C=O) groups is 1. The van der Waals surface area contributed by atoms with Crippen LogP contribution in [-0.2, 0) is 15.1 Å². The molecule has 4 nitrogen and oxygen atoms in total. The molecule has 0 radical (unpaired) electrons. The predicted molar refractivity (Wildman–Crippen MR) is 73.1 cm³/mol. The van der Waals surface area contributed by atoms with Crippen molar-refractivity contribution < 1.29 is 13.2 Å². The molecule has 0 spiro atoms. The van der Waals surface area contributed by atoms with E-state index in [-0.39, 0.29) is 12.3 Å². The second kappa shape index (κ2) is 7.66. The van der Waals surface area contributed by atoms with Crippen molar-refractivity contribution >= 4 is 26.8 Å². The van der Waals surface area contributed by atoms with Gasteiger partial charge in [-0.25, -0.2) is 0 Å². The molecule has 1 amide bonds. The second-order valence-corrected chi connectivity index (χ2v) is 4.98. The lowest BCUT2D eigenvalue weighted by molar-refractivity contribution is -0.116. The summed E-state index contributed by atoms with van der Waals surface area (Å²) < 4.78 is 21.8. The van der Waals surface area contributed by atoms with E-state index in [1.807, 2.05) is 25.1 Å². The van der Waals surface area contributed by atoms with E-state index in [4.69, 9.17) is 0 Å². The fraction of sp³-hybridized carbons (Fsp3) is 0.385. The van der Waals surface area contributed by atoms with Gasteiger partial charge in [-0.15, -0.1) is 0 Å². The summed E-state index contributed by atoms with van der Waals surface area (Å²) in [6.07, 6.45) is 1.78. The minimum Gasteiger partial charge on any atom is -0.326 e. The van der Waals surface area contributed by atoms with Gasteiger partial charge in [0.15, 0.2) is 0 Å². The largest absolute Gasteiger partial charge is 0.326 e. The Kier molecular flexibility index (Phi) is 6.14. The van der Waals surface area contributed by atoms with E-state index in [0.717, 1.165) is 12.1 Å². The van der Waals surface area contributed by atoms with Crippen molar-refractivity contribution in [2.45, 2.75) is 32.6 Å². The Morgan fingerprint density at radius 3 is 2.33 bits per heavy atom. The Bertz CT molecular complexity index is 512. The van der Waals surface area contributed by atoms with E-state index in [9.17, 15) is 13.2 Å². The molecule has 5 heteroatoms. The van der Waals surface area contributed by atoms with Gasteiger partial charge in [0.05, 0.1) is 4.86 Å². The zero-order chi connectivity index (χ0) is 13.4. The molecule has 0 aliphatic carbocycles. The van der Waals surface area contributed by atoms with Crippen molar-refractivity contribution in [3.63, 3.8) is 0 Å². The fourth-order valence-electron chi connectivity index (χ4n) is 1.57. The van der Waals surface area contributed by atoms with Crippen LogP contribution in [0.1, 0.15) is 32.6 Å². The standard InChI is InChI=1S/C13H17NO3S/c1-2-6-12(18(16)17)9-10-13(15)14-11-7-4-3-5-8-11/h3-5,7-8H,2,6,9-10H2,1H3,(H,14,15). The number of rotatable bonds is 6. The van der Waals surface area contributed by atoms with E-state index in [1.165, 1.54) is 0 Å². The molecule has 98 valence electrons. The molecule has 1 N–H and O–H groups in total. The van der Waals surface area contributed by atoms with E-state index < -0.39 is 10.3 Å². The maximum absolute atomic E-state index is 11.6. The zero-order valence-corrected chi connectivity index (χ0v) is 11.2. The summed E-state index contributed by atoms with van der Waals surface area (Å²) >= 11 is 0. The van der Waals surface area contributed by atoms with Crippen LogP contribution in [-0.4, -0.2) is 19.2 Å². The first-order valence-corrected chi connectivity index (χ1v) is 6.99. The summed E-state index contributed by atoms with van der Waals surface area (Å²) in [5.41, 5.74) is 0.725. The third-order valence-corrected chi connectivity index (χ3v) is 3.33. The third kappa shape index (κ3) is 5.14. The first-order valence-electron chi connectivity index (χ1n) is 5.92. The van der Waals surface area contributed by atoms with Crippen LogP contribution < -0.4 is 5.32 Å². The topological polar surface area (TPSA) is 63.2 Å². The van der Waals surface area contributed by atoms with Gasteiger partial charge in [0.1, 0.15) is 0 Å². The van der Waals surface area contributed by atoms with Gasteiger partial charge in [-0.3, -0.25) is 4.79 Å². The van der Waals surface area contributed by atoms with Crippen molar-refractivity contribution in [2.75, 3.05) is 5.32 Å². The molecule has 0 fully saturated rings. The molecule has 0 saturated carbocycles. The van der Waals surface area contributed by atoms with Crippen LogP contribution in [0.5, 0.6) is 0 Å². The Morgan fingerprint density at radius 2 is 1.78 bits per heavy atom. The summed E-state index contributed by atoms with van der Waals surface area (Å²) in [4.78, 5) is 12.0. The second-order valence-electron chi connectivity index (χ2n) is 3.94. The van der Waals surface area contributed by atoms with Crippen LogP contribution in [0.2, 0.25) is 0 Å². The minimum absolute atomic E-state index is 0.166. The molecule has 1 aromatic carbocycles. The van der Waals surface area contributed by atoms with E-state index in [0.29, 0.717) is 17.7 Å². The van der Waals surface area contributed by atoms with Crippen LogP contribution in [0.25, 0.3) is 0 Å².